The Morgan fingerprint density at radius 3 is 2.53 bits per heavy atom. The van der Waals surface area contributed by atoms with E-state index in [2.05, 4.69) is 5.32 Å². The van der Waals surface area contributed by atoms with Crippen LogP contribution in [0, 0.1) is 12.7 Å². The molecule has 3 rings (SSSR count). The maximum atomic E-state index is 14.0. The van der Waals surface area contributed by atoms with E-state index in [1.807, 2.05) is 31.2 Å². The fourth-order valence-corrected chi connectivity index (χ4v) is 3.69. The van der Waals surface area contributed by atoms with Crippen LogP contribution in [0.2, 0.25) is 5.02 Å². The summed E-state index contributed by atoms with van der Waals surface area (Å²) >= 11 is 5.99. The van der Waals surface area contributed by atoms with E-state index >= 15 is 0 Å². The number of piperidine rings is 1. The molecule has 0 bridgehead atoms. The molecule has 5 nitrogen and oxygen atoms in total. The van der Waals surface area contributed by atoms with Crippen molar-refractivity contribution in [3.8, 4) is 5.75 Å². The van der Waals surface area contributed by atoms with Crippen molar-refractivity contribution in [1.82, 2.24) is 10.2 Å². The number of carbonyl (C=O) groups excluding carboxylic acids is 2. The quantitative estimate of drug-likeness (QED) is 0.661. The highest BCUT2D eigenvalue weighted by atomic mass is 35.5. The Labute approximate surface area is 181 Å². The van der Waals surface area contributed by atoms with Gasteiger partial charge in [0.25, 0.3) is 5.91 Å². The Balaban J connectivity index is 1.37. The Kier molecular flexibility index (Phi) is 7.69. The molecule has 1 saturated heterocycles. The maximum Gasteiger partial charge on any atom is 0.258 e. The molecule has 1 aliphatic heterocycles. The number of amides is 2. The predicted octanol–water partition coefficient (Wildman–Crippen LogP) is 4.37. The average molecular weight is 433 g/mol. The predicted molar refractivity (Wildman–Crippen MR) is 114 cm³/mol. The van der Waals surface area contributed by atoms with Crippen molar-refractivity contribution < 1.29 is 18.7 Å². The van der Waals surface area contributed by atoms with Gasteiger partial charge in [-0.1, -0.05) is 35.4 Å². The maximum absolute atomic E-state index is 14.0. The Morgan fingerprint density at radius 2 is 1.87 bits per heavy atom. The van der Waals surface area contributed by atoms with Crippen LogP contribution in [0.3, 0.4) is 0 Å². The first-order valence-corrected chi connectivity index (χ1v) is 10.5. The minimum Gasteiger partial charge on any atom is -0.494 e. The smallest absolute Gasteiger partial charge is 0.258 e. The number of nitrogens with zero attached hydrogens (tertiary/aromatic N) is 1. The van der Waals surface area contributed by atoms with Crippen molar-refractivity contribution in [3.05, 3.63) is 64.4 Å². The first-order chi connectivity index (χ1) is 14.4. The molecule has 1 aliphatic rings. The lowest BCUT2D eigenvalue weighted by molar-refractivity contribution is -0.122. The molecule has 2 aromatic carbocycles. The molecule has 0 radical (unpaired) electrons. The van der Waals surface area contributed by atoms with Gasteiger partial charge in [-0.05, 0) is 50.5 Å². The first-order valence-electron chi connectivity index (χ1n) is 10.2. The Morgan fingerprint density at radius 1 is 1.17 bits per heavy atom. The number of ether oxygens (including phenoxy) is 1. The van der Waals surface area contributed by atoms with E-state index in [0.717, 1.165) is 5.75 Å². The van der Waals surface area contributed by atoms with Crippen LogP contribution in [-0.2, 0) is 4.79 Å². The normalized spacial score (nSPS) is 14.4. The van der Waals surface area contributed by atoms with Crippen LogP contribution in [0.5, 0.6) is 5.75 Å². The minimum atomic E-state index is -0.615. The lowest BCUT2D eigenvalue weighted by Gasteiger charge is -2.32. The topological polar surface area (TPSA) is 58.6 Å². The number of halogens is 2. The summed E-state index contributed by atoms with van der Waals surface area (Å²) < 4.78 is 19.6. The van der Waals surface area contributed by atoms with Gasteiger partial charge >= 0.3 is 0 Å². The molecule has 7 heteroatoms. The van der Waals surface area contributed by atoms with Crippen LogP contribution in [0.15, 0.2) is 42.5 Å². The van der Waals surface area contributed by atoms with Gasteiger partial charge in [0.1, 0.15) is 11.6 Å². The van der Waals surface area contributed by atoms with Crippen molar-refractivity contribution in [2.24, 2.45) is 0 Å². The SMILES string of the molecule is Cc1ccc(OCCCC(=O)NC2CCN(C(=O)c3c(F)cccc3Cl)CC2)cc1. The standard InChI is InChI=1S/C23H26ClFN2O3/c1-16-7-9-18(10-8-16)30-15-3-6-21(28)26-17-11-13-27(14-12-17)23(29)22-19(24)4-2-5-20(22)25/h2,4-5,7-10,17H,3,6,11-15H2,1H3,(H,26,28). The van der Waals surface area contributed by atoms with Crippen molar-refractivity contribution in [1.29, 1.82) is 0 Å². The van der Waals surface area contributed by atoms with E-state index in [4.69, 9.17) is 16.3 Å². The Hall–Kier alpha value is -2.60. The molecular weight excluding hydrogens is 407 g/mol. The van der Waals surface area contributed by atoms with E-state index < -0.39 is 11.7 Å². The van der Waals surface area contributed by atoms with Crippen LogP contribution < -0.4 is 10.1 Å². The molecule has 0 saturated carbocycles. The zero-order valence-corrected chi connectivity index (χ0v) is 17.8. The summed E-state index contributed by atoms with van der Waals surface area (Å²) in [4.78, 5) is 26.3. The highest BCUT2D eigenvalue weighted by Gasteiger charge is 2.27. The second-order valence-corrected chi connectivity index (χ2v) is 7.90. The van der Waals surface area contributed by atoms with E-state index in [9.17, 15) is 14.0 Å². The molecule has 0 aliphatic carbocycles. The third-order valence-corrected chi connectivity index (χ3v) is 5.48. The summed E-state index contributed by atoms with van der Waals surface area (Å²) in [6.45, 7) is 3.40. The molecule has 1 fully saturated rings. The van der Waals surface area contributed by atoms with Gasteiger partial charge in [-0.3, -0.25) is 9.59 Å². The summed E-state index contributed by atoms with van der Waals surface area (Å²) in [7, 11) is 0. The van der Waals surface area contributed by atoms with Crippen LogP contribution in [-0.4, -0.2) is 42.5 Å². The summed E-state index contributed by atoms with van der Waals surface area (Å²) in [6.07, 6.45) is 2.27. The van der Waals surface area contributed by atoms with Gasteiger partial charge in [0.05, 0.1) is 17.2 Å². The lowest BCUT2D eigenvalue weighted by atomic mass is 10.0. The molecule has 0 unspecified atom stereocenters. The summed E-state index contributed by atoms with van der Waals surface area (Å²) in [5.41, 5.74) is 1.08. The summed E-state index contributed by atoms with van der Waals surface area (Å²) in [5, 5.41) is 3.13. The fraction of sp³-hybridized carbons (Fsp3) is 0.391. The summed E-state index contributed by atoms with van der Waals surface area (Å²) in [6, 6.07) is 12.0. The average Bonchev–Trinajstić information content (AvgIpc) is 2.73. The largest absolute Gasteiger partial charge is 0.494 e. The third kappa shape index (κ3) is 5.95. The number of hydrogen-bond donors (Lipinski definition) is 1. The molecule has 30 heavy (non-hydrogen) atoms. The summed E-state index contributed by atoms with van der Waals surface area (Å²) in [5.74, 6) is -0.246. The number of aryl methyl sites for hydroxylation is 1. The zero-order valence-electron chi connectivity index (χ0n) is 17.0. The monoisotopic (exact) mass is 432 g/mol. The number of nitrogens with one attached hydrogen (secondary N) is 1. The van der Waals surface area contributed by atoms with Gasteiger partial charge in [0, 0.05) is 25.6 Å². The number of benzene rings is 2. The van der Waals surface area contributed by atoms with Crippen LogP contribution >= 0.6 is 11.6 Å². The van der Waals surface area contributed by atoms with E-state index in [1.54, 1.807) is 4.90 Å². The van der Waals surface area contributed by atoms with Gasteiger partial charge in [-0.25, -0.2) is 4.39 Å². The highest BCUT2D eigenvalue weighted by molar-refractivity contribution is 6.33. The molecule has 2 aromatic rings. The first kappa shape index (κ1) is 22.1. The number of hydrogen-bond acceptors (Lipinski definition) is 3. The number of carbonyl (C=O) groups is 2. The van der Waals surface area contributed by atoms with E-state index in [-0.39, 0.29) is 22.5 Å². The molecule has 1 N–H and O–H groups in total. The van der Waals surface area contributed by atoms with Gasteiger partial charge in [0.2, 0.25) is 5.91 Å². The zero-order chi connectivity index (χ0) is 21.5. The van der Waals surface area contributed by atoms with Gasteiger partial charge in [0.15, 0.2) is 0 Å². The molecular formula is C23H26ClFN2O3. The highest BCUT2D eigenvalue weighted by Crippen LogP contribution is 2.23. The number of rotatable bonds is 7. The van der Waals surface area contributed by atoms with Crippen LogP contribution in [0.1, 0.15) is 41.6 Å². The van der Waals surface area contributed by atoms with Crippen molar-refractivity contribution in [2.45, 2.75) is 38.6 Å². The van der Waals surface area contributed by atoms with Gasteiger partial charge in [-0.15, -0.1) is 0 Å². The van der Waals surface area contributed by atoms with E-state index in [0.29, 0.717) is 45.4 Å². The van der Waals surface area contributed by atoms with E-state index in [1.165, 1.54) is 23.8 Å². The van der Waals surface area contributed by atoms with Crippen LogP contribution in [0.25, 0.3) is 0 Å². The molecule has 160 valence electrons. The fourth-order valence-electron chi connectivity index (χ4n) is 3.44. The number of likely N-dealkylation sites (tertiary alicyclic amines) is 1. The van der Waals surface area contributed by atoms with Crippen molar-refractivity contribution in [2.75, 3.05) is 19.7 Å². The van der Waals surface area contributed by atoms with Crippen LogP contribution in [0.4, 0.5) is 4.39 Å². The second kappa shape index (κ2) is 10.4. The van der Waals surface area contributed by atoms with Crippen molar-refractivity contribution >= 4 is 23.4 Å². The molecule has 0 aromatic heterocycles. The third-order valence-electron chi connectivity index (χ3n) is 5.16. The van der Waals surface area contributed by atoms with Gasteiger partial charge < -0.3 is 15.0 Å². The molecule has 0 spiro atoms. The Bertz CT molecular complexity index is 860. The van der Waals surface area contributed by atoms with Crippen molar-refractivity contribution in [3.63, 3.8) is 0 Å². The molecule has 0 atom stereocenters. The van der Waals surface area contributed by atoms with Gasteiger partial charge in [-0.2, -0.15) is 0 Å². The molecule has 1 heterocycles. The molecule has 2 amide bonds. The lowest BCUT2D eigenvalue weighted by Crippen LogP contribution is -2.46. The minimum absolute atomic E-state index is 0.00987. The second-order valence-electron chi connectivity index (χ2n) is 7.50.